The maximum atomic E-state index is 6.22. The number of anilines is 1. The minimum Gasteiger partial charge on any atom is -0.384 e. The smallest absolute Gasteiger partial charge is 0.0507 e. The summed E-state index contributed by atoms with van der Waals surface area (Å²) in [6, 6.07) is 6.72. The Morgan fingerprint density at radius 1 is 1.43 bits per heavy atom. The van der Waals surface area contributed by atoms with Crippen molar-refractivity contribution in [1.29, 1.82) is 0 Å². The van der Waals surface area contributed by atoms with Crippen molar-refractivity contribution in [3.05, 3.63) is 28.8 Å². The highest BCUT2D eigenvalue weighted by molar-refractivity contribution is 6.30. The van der Waals surface area contributed by atoms with Crippen molar-refractivity contribution in [2.75, 3.05) is 31.7 Å². The summed E-state index contributed by atoms with van der Waals surface area (Å²) < 4.78 is 5.33. The van der Waals surface area contributed by atoms with E-state index in [-0.39, 0.29) is 0 Å². The second-order valence-corrected chi connectivity index (χ2v) is 6.65. The van der Waals surface area contributed by atoms with Gasteiger partial charge in [0.25, 0.3) is 0 Å². The SMILES string of the molecule is COCC1CCCN(c2cc(Cl)ccc2CNC(C)C)C1. The normalized spacial score (nSPS) is 19.3. The van der Waals surface area contributed by atoms with Crippen molar-refractivity contribution < 1.29 is 4.74 Å². The molecule has 1 heterocycles. The van der Waals surface area contributed by atoms with Gasteiger partial charge in [0, 0.05) is 43.5 Å². The van der Waals surface area contributed by atoms with E-state index in [1.54, 1.807) is 7.11 Å². The van der Waals surface area contributed by atoms with Crippen LogP contribution >= 0.6 is 11.6 Å². The van der Waals surface area contributed by atoms with E-state index in [1.807, 2.05) is 6.07 Å². The van der Waals surface area contributed by atoms with Crippen LogP contribution in [0.25, 0.3) is 0 Å². The Morgan fingerprint density at radius 2 is 2.24 bits per heavy atom. The Morgan fingerprint density at radius 3 is 2.95 bits per heavy atom. The van der Waals surface area contributed by atoms with Crippen LogP contribution in [0.4, 0.5) is 5.69 Å². The molecule has 0 saturated carbocycles. The summed E-state index contributed by atoms with van der Waals surface area (Å²) >= 11 is 6.22. The van der Waals surface area contributed by atoms with E-state index in [1.165, 1.54) is 24.1 Å². The van der Waals surface area contributed by atoms with E-state index in [0.29, 0.717) is 12.0 Å². The van der Waals surface area contributed by atoms with Gasteiger partial charge in [0.2, 0.25) is 0 Å². The van der Waals surface area contributed by atoms with Gasteiger partial charge >= 0.3 is 0 Å². The second-order valence-electron chi connectivity index (χ2n) is 6.22. The van der Waals surface area contributed by atoms with E-state index in [2.05, 4.69) is 36.2 Å². The summed E-state index contributed by atoms with van der Waals surface area (Å²) in [6.45, 7) is 8.24. The summed E-state index contributed by atoms with van der Waals surface area (Å²) in [5.41, 5.74) is 2.60. The fraction of sp³-hybridized carbons (Fsp3) is 0.647. The molecular formula is C17H27ClN2O. The third-order valence-corrected chi connectivity index (χ3v) is 4.25. The van der Waals surface area contributed by atoms with Crippen LogP contribution < -0.4 is 10.2 Å². The molecule has 118 valence electrons. The van der Waals surface area contributed by atoms with E-state index in [9.17, 15) is 0 Å². The maximum Gasteiger partial charge on any atom is 0.0507 e. The van der Waals surface area contributed by atoms with E-state index >= 15 is 0 Å². The zero-order chi connectivity index (χ0) is 15.2. The number of nitrogens with one attached hydrogen (secondary N) is 1. The molecule has 1 fully saturated rings. The van der Waals surface area contributed by atoms with Crippen LogP contribution in [0.2, 0.25) is 5.02 Å². The molecule has 0 bridgehead atoms. The van der Waals surface area contributed by atoms with Crippen molar-refractivity contribution >= 4 is 17.3 Å². The first-order chi connectivity index (χ1) is 10.1. The van der Waals surface area contributed by atoms with Gasteiger partial charge in [-0.25, -0.2) is 0 Å². The van der Waals surface area contributed by atoms with E-state index < -0.39 is 0 Å². The summed E-state index contributed by atoms with van der Waals surface area (Å²) in [5.74, 6) is 0.619. The van der Waals surface area contributed by atoms with Gasteiger partial charge in [-0.15, -0.1) is 0 Å². The average Bonchev–Trinajstić information content (AvgIpc) is 2.46. The van der Waals surface area contributed by atoms with Crippen LogP contribution in [-0.2, 0) is 11.3 Å². The number of piperidine rings is 1. The molecule has 2 rings (SSSR count). The Balaban J connectivity index is 2.14. The first kappa shape index (κ1) is 16.6. The fourth-order valence-corrected chi connectivity index (χ4v) is 3.12. The number of methoxy groups -OCH3 is 1. The van der Waals surface area contributed by atoms with Gasteiger partial charge < -0.3 is 15.0 Å². The third-order valence-electron chi connectivity index (χ3n) is 4.01. The topological polar surface area (TPSA) is 24.5 Å². The van der Waals surface area contributed by atoms with Gasteiger partial charge in [0.05, 0.1) is 6.61 Å². The minimum atomic E-state index is 0.483. The van der Waals surface area contributed by atoms with Crippen LogP contribution in [0.15, 0.2) is 18.2 Å². The van der Waals surface area contributed by atoms with Gasteiger partial charge in [-0.2, -0.15) is 0 Å². The maximum absolute atomic E-state index is 6.22. The van der Waals surface area contributed by atoms with Crippen molar-refractivity contribution in [2.24, 2.45) is 5.92 Å². The fourth-order valence-electron chi connectivity index (χ4n) is 2.95. The lowest BCUT2D eigenvalue weighted by Crippen LogP contribution is -2.38. The standard InChI is InChI=1S/C17H27ClN2O/c1-13(2)19-10-15-6-7-16(18)9-17(15)20-8-4-5-14(11-20)12-21-3/h6-7,9,13-14,19H,4-5,8,10-12H2,1-3H3. The molecule has 21 heavy (non-hydrogen) atoms. The first-order valence-corrected chi connectivity index (χ1v) is 8.23. The van der Waals surface area contributed by atoms with Gasteiger partial charge in [-0.05, 0) is 36.5 Å². The molecule has 0 aliphatic carbocycles. The molecule has 1 aromatic carbocycles. The number of nitrogens with zero attached hydrogens (tertiary/aromatic N) is 1. The highest BCUT2D eigenvalue weighted by Crippen LogP contribution is 2.29. The van der Waals surface area contributed by atoms with Crippen LogP contribution in [0.5, 0.6) is 0 Å². The van der Waals surface area contributed by atoms with Gasteiger partial charge in [0.1, 0.15) is 0 Å². The lowest BCUT2D eigenvalue weighted by Gasteiger charge is -2.35. The number of rotatable bonds is 6. The van der Waals surface area contributed by atoms with Crippen molar-refractivity contribution in [2.45, 2.75) is 39.3 Å². The highest BCUT2D eigenvalue weighted by atomic mass is 35.5. The monoisotopic (exact) mass is 310 g/mol. The summed E-state index contributed by atoms with van der Waals surface area (Å²) in [6.07, 6.45) is 2.47. The average molecular weight is 311 g/mol. The van der Waals surface area contributed by atoms with Gasteiger partial charge in [-0.1, -0.05) is 31.5 Å². The molecule has 1 aliphatic rings. The van der Waals surface area contributed by atoms with Gasteiger partial charge in [-0.3, -0.25) is 0 Å². The third kappa shape index (κ3) is 4.87. The van der Waals surface area contributed by atoms with E-state index in [4.69, 9.17) is 16.3 Å². The zero-order valence-electron chi connectivity index (χ0n) is 13.4. The Kier molecular flexibility index (Phi) is 6.34. The highest BCUT2D eigenvalue weighted by Gasteiger charge is 2.22. The number of benzene rings is 1. The quantitative estimate of drug-likeness (QED) is 0.867. The molecule has 0 radical (unpaired) electrons. The van der Waals surface area contributed by atoms with Crippen molar-refractivity contribution in [3.63, 3.8) is 0 Å². The summed E-state index contributed by atoms with van der Waals surface area (Å²) in [7, 11) is 1.79. The van der Waals surface area contributed by atoms with Crippen molar-refractivity contribution in [1.82, 2.24) is 5.32 Å². The summed E-state index contributed by atoms with van der Waals surface area (Å²) in [4.78, 5) is 2.47. The molecule has 1 N–H and O–H groups in total. The molecular weight excluding hydrogens is 284 g/mol. The van der Waals surface area contributed by atoms with Crippen LogP contribution in [0.3, 0.4) is 0 Å². The molecule has 1 saturated heterocycles. The number of hydrogen-bond donors (Lipinski definition) is 1. The van der Waals surface area contributed by atoms with Crippen LogP contribution in [0.1, 0.15) is 32.3 Å². The van der Waals surface area contributed by atoms with Crippen molar-refractivity contribution in [3.8, 4) is 0 Å². The number of hydrogen-bond acceptors (Lipinski definition) is 3. The predicted molar refractivity (Wildman–Crippen MR) is 90.2 cm³/mol. The largest absolute Gasteiger partial charge is 0.384 e. The van der Waals surface area contributed by atoms with Crippen LogP contribution in [-0.4, -0.2) is 32.8 Å². The molecule has 3 nitrogen and oxygen atoms in total. The Bertz CT molecular complexity index is 448. The lowest BCUT2D eigenvalue weighted by atomic mass is 9.97. The molecule has 0 aromatic heterocycles. The molecule has 1 unspecified atom stereocenters. The Labute approximate surface area is 133 Å². The molecule has 1 atom stereocenters. The van der Waals surface area contributed by atoms with Gasteiger partial charge in [0.15, 0.2) is 0 Å². The minimum absolute atomic E-state index is 0.483. The predicted octanol–water partition coefficient (Wildman–Crippen LogP) is 3.70. The molecule has 1 aromatic rings. The molecule has 0 amide bonds. The first-order valence-electron chi connectivity index (χ1n) is 7.86. The number of halogens is 1. The number of ether oxygens (including phenoxy) is 1. The molecule has 4 heteroatoms. The summed E-state index contributed by atoms with van der Waals surface area (Å²) in [5, 5.41) is 4.31. The lowest BCUT2D eigenvalue weighted by molar-refractivity contribution is 0.143. The Hall–Kier alpha value is -0.770. The van der Waals surface area contributed by atoms with E-state index in [0.717, 1.165) is 31.3 Å². The zero-order valence-corrected chi connectivity index (χ0v) is 14.1. The van der Waals surface area contributed by atoms with Crippen LogP contribution in [0, 0.1) is 5.92 Å². The second kappa shape index (κ2) is 8.02. The molecule has 0 spiro atoms. The molecule has 1 aliphatic heterocycles.